The van der Waals surface area contributed by atoms with E-state index < -0.39 is 0 Å². The van der Waals surface area contributed by atoms with Gasteiger partial charge in [-0.25, -0.2) is 9.67 Å². The van der Waals surface area contributed by atoms with Crippen molar-refractivity contribution in [3.05, 3.63) is 71.8 Å². The van der Waals surface area contributed by atoms with E-state index in [4.69, 9.17) is 16.3 Å². The Morgan fingerprint density at radius 2 is 1.90 bits per heavy atom. The van der Waals surface area contributed by atoms with Crippen molar-refractivity contribution in [2.45, 2.75) is 6.61 Å². The first-order chi connectivity index (χ1) is 9.83. The van der Waals surface area contributed by atoms with Crippen molar-refractivity contribution >= 4 is 11.6 Å². The van der Waals surface area contributed by atoms with Gasteiger partial charge in [0.2, 0.25) is 0 Å². The lowest BCUT2D eigenvalue weighted by atomic mass is 10.3. The summed E-state index contributed by atoms with van der Waals surface area (Å²) in [6.07, 6.45) is 3.53. The molecule has 0 aliphatic carbocycles. The number of rotatable bonds is 4. The number of benzene rings is 1. The molecule has 4 nitrogen and oxygen atoms in total. The van der Waals surface area contributed by atoms with Gasteiger partial charge in [-0.3, -0.25) is 0 Å². The summed E-state index contributed by atoms with van der Waals surface area (Å²) in [5, 5.41) is 4.81. The van der Waals surface area contributed by atoms with E-state index in [0.29, 0.717) is 17.5 Å². The minimum Gasteiger partial charge on any atom is -0.484 e. The zero-order valence-corrected chi connectivity index (χ0v) is 11.4. The molecule has 3 aromatic rings. The van der Waals surface area contributed by atoms with Crippen LogP contribution >= 0.6 is 11.6 Å². The summed E-state index contributed by atoms with van der Waals surface area (Å²) >= 11 is 5.93. The predicted molar refractivity (Wildman–Crippen MR) is 77.1 cm³/mol. The molecule has 0 unspecified atom stereocenters. The summed E-state index contributed by atoms with van der Waals surface area (Å²) in [6.45, 7) is 0.352. The van der Waals surface area contributed by atoms with Gasteiger partial charge >= 0.3 is 0 Å². The Hall–Kier alpha value is -2.33. The topological polar surface area (TPSA) is 39.9 Å². The normalized spacial score (nSPS) is 10.4. The minimum absolute atomic E-state index is 0.352. The van der Waals surface area contributed by atoms with Crippen LogP contribution in [0.5, 0.6) is 5.75 Å². The van der Waals surface area contributed by atoms with Crippen LogP contribution in [-0.2, 0) is 6.61 Å². The van der Waals surface area contributed by atoms with Gasteiger partial charge in [-0.05, 0) is 30.3 Å². The zero-order chi connectivity index (χ0) is 13.8. The van der Waals surface area contributed by atoms with Crippen molar-refractivity contribution in [2.24, 2.45) is 0 Å². The first-order valence-corrected chi connectivity index (χ1v) is 6.54. The smallest absolute Gasteiger partial charge is 0.171 e. The Kier molecular flexibility index (Phi) is 3.65. The van der Waals surface area contributed by atoms with Gasteiger partial charge in [0.1, 0.15) is 12.3 Å². The molecule has 0 spiro atoms. The molecule has 1 aromatic carbocycles. The highest BCUT2D eigenvalue weighted by Crippen LogP contribution is 2.21. The predicted octanol–water partition coefficient (Wildman–Crippen LogP) is 3.50. The molecule has 2 aromatic heterocycles. The Morgan fingerprint density at radius 1 is 1.05 bits per heavy atom. The lowest BCUT2D eigenvalue weighted by molar-refractivity contribution is 0.299. The quantitative estimate of drug-likeness (QED) is 0.689. The molecular formula is C15H12ClN3O. The number of hydrogen-bond donors (Lipinski definition) is 0. The number of pyridine rings is 1. The molecule has 2 heterocycles. The maximum atomic E-state index is 5.93. The average molecular weight is 286 g/mol. The summed E-state index contributed by atoms with van der Waals surface area (Å²) in [7, 11) is 0. The summed E-state index contributed by atoms with van der Waals surface area (Å²) in [5.41, 5.74) is 1.84. The van der Waals surface area contributed by atoms with Crippen LogP contribution in [0.2, 0.25) is 5.15 Å². The summed E-state index contributed by atoms with van der Waals surface area (Å²) in [5.74, 6) is 0.559. The summed E-state index contributed by atoms with van der Waals surface area (Å²) in [6, 6.07) is 15.4. The molecule has 0 atom stereocenters. The molecule has 3 rings (SSSR count). The molecule has 20 heavy (non-hydrogen) atoms. The second-order valence-corrected chi connectivity index (χ2v) is 4.53. The number of aromatic nitrogens is 3. The molecule has 5 heteroatoms. The highest BCUT2D eigenvalue weighted by atomic mass is 35.5. The third kappa shape index (κ3) is 2.81. The average Bonchev–Trinajstić information content (AvgIpc) is 2.96. The van der Waals surface area contributed by atoms with Crippen molar-refractivity contribution in [1.29, 1.82) is 0 Å². The minimum atomic E-state index is 0.352. The van der Waals surface area contributed by atoms with Gasteiger partial charge in [-0.2, -0.15) is 5.10 Å². The summed E-state index contributed by atoms with van der Waals surface area (Å²) < 4.78 is 7.41. The van der Waals surface area contributed by atoms with Gasteiger partial charge in [0.05, 0.1) is 5.69 Å². The molecule has 0 radical (unpaired) electrons. The third-order valence-electron chi connectivity index (χ3n) is 2.77. The highest BCUT2D eigenvalue weighted by Gasteiger charge is 2.04. The van der Waals surface area contributed by atoms with E-state index in [0.717, 1.165) is 11.4 Å². The molecule has 0 N–H and O–H groups in total. The van der Waals surface area contributed by atoms with E-state index in [1.807, 2.05) is 47.3 Å². The number of para-hydroxylation sites is 1. The van der Waals surface area contributed by atoms with Crippen LogP contribution in [0.1, 0.15) is 5.69 Å². The molecule has 0 amide bonds. The standard InChI is InChI=1S/C15H12ClN3O/c16-15-14(7-4-9-17-15)20-11-12-8-10-19(18-12)13-5-2-1-3-6-13/h1-10H,11H2. The molecule has 0 aliphatic rings. The van der Waals surface area contributed by atoms with Crippen molar-refractivity contribution < 1.29 is 4.74 Å². The molecule has 0 saturated carbocycles. The Morgan fingerprint density at radius 3 is 2.70 bits per heavy atom. The summed E-state index contributed by atoms with van der Waals surface area (Å²) in [4.78, 5) is 3.96. The van der Waals surface area contributed by atoms with Gasteiger partial charge in [0.25, 0.3) is 0 Å². The van der Waals surface area contributed by atoms with E-state index in [2.05, 4.69) is 10.1 Å². The third-order valence-corrected chi connectivity index (χ3v) is 3.05. The van der Waals surface area contributed by atoms with Crippen molar-refractivity contribution in [3.8, 4) is 11.4 Å². The molecule has 0 bridgehead atoms. The number of ether oxygens (including phenoxy) is 1. The molecule has 0 saturated heterocycles. The zero-order valence-electron chi connectivity index (χ0n) is 10.6. The van der Waals surface area contributed by atoms with Crippen LogP contribution in [-0.4, -0.2) is 14.8 Å². The van der Waals surface area contributed by atoms with Crippen LogP contribution in [0.25, 0.3) is 5.69 Å². The van der Waals surface area contributed by atoms with Gasteiger partial charge in [-0.15, -0.1) is 0 Å². The largest absolute Gasteiger partial charge is 0.484 e. The SMILES string of the molecule is Clc1ncccc1OCc1ccn(-c2ccccc2)n1. The lowest BCUT2D eigenvalue weighted by Gasteiger charge is -2.05. The fraction of sp³-hybridized carbons (Fsp3) is 0.0667. The number of hydrogen-bond acceptors (Lipinski definition) is 3. The van der Waals surface area contributed by atoms with Gasteiger partial charge in [-0.1, -0.05) is 29.8 Å². The van der Waals surface area contributed by atoms with Crippen LogP contribution in [0.4, 0.5) is 0 Å². The molecular weight excluding hydrogens is 274 g/mol. The first kappa shape index (κ1) is 12.7. The van der Waals surface area contributed by atoms with Crippen LogP contribution in [0.15, 0.2) is 60.9 Å². The molecule has 0 aliphatic heterocycles. The van der Waals surface area contributed by atoms with Gasteiger partial charge < -0.3 is 4.74 Å². The van der Waals surface area contributed by atoms with Crippen molar-refractivity contribution in [3.63, 3.8) is 0 Å². The Labute approximate surface area is 121 Å². The lowest BCUT2D eigenvalue weighted by Crippen LogP contribution is -2.00. The van der Waals surface area contributed by atoms with E-state index in [1.165, 1.54) is 0 Å². The van der Waals surface area contributed by atoms with E-state index in [1.54, 1.807) is 18.3 Å². The Bertz CT molecular complexity index is 697. The van der Waals surface area contributed by atoms with E-state index in [9.17, 15) is 0 Å². The van der Waals surface area contributed by atoms with E-state index >= 15 is 0 Å². The Balaban J connectivity index is 1.71. The van der Waals surface area contributed by atoms with Crippen LogP contribution in [0.3, 0.4) is 0 Å². The molecule has 100 valence electrons. The second-order valence-electron chi connectivity index (χ2n) is 4.17. The van der Waals surface area contributed by atoms with Crippen molar-refractivity contribution in [2.75, 3.05) is 0 Å². The fourth-order valence-corrected chi connectivity index (χ4v) is 1.97. The van der Waals surface area contributed by atoms with Gasteiger partial charge in [0, 0.05) is 12.4 Å². The fourth-order valence-electron chi connectivity index (χ4n) is 1.79. The van der Waals surface area contributed by atoms with Crippen molar-refractivity contribution in [1.82, 2.24) is 14.8 Å². The maximum Gasteiger partial charge on any atom is 0.171 e. The van der Waals surface area contributed by atoms with Crippen LogP contribution < -0.4 is 4.74 Å². The van der Waals surface area contributed by atoms with Crippen LogP contribution in [0, 0.1) is 0 Å². The maximum absolute atomic E-state index is 5.93. The molecule has 0 fully saturated rings. The van der Waals surface area contributed by atoms with E-state index in [-0.39, 0.29) is 0 Å². The second kappa shape index (κ2) is 5.75. The highest BCUT2D eigenvalue weighted by molar-refractivity contribution is 6.30. The number of halogens is 1. The van der Waals surface area contributed by atoms with Gasteiger partial charge in [0.15, 0.2) is 10.9 Å². The monoisotopic (exact) mass is 285 g/mol. The first-order valence-electron chi connectivity index (χ1n) is 6.16. The number of nitrogens with zero attached hydrogens (tertiary/aromatic N) is 3.